The van der Waals surface area contributed by atoms with E-state index in [1.807, 2.05) is 13.0 Å². The fourth-order valence-electron chi connectivity index (χ4n) is 4.24. The van der Waals surface area contributed by atoms with Crippen LogP contribution in [0.25, 0.3) is 11.1 Å². The van der Waals surface area contributed by atoms with E-state index in [1.165, 1.54) is 10.7 Å². The van der Waals surface area contributed by atoms with Crippen molar-refractivity contribution in [3.8, 4) is 11.1 Å². The van der Waals surface area contributed by atoms with Gasteiger partial charge >= 0.3 is 0 Å². The van der Waals surface area contributed by atoms with E-state index in [2.05, 4.69) is 15.5 Å². The van der Waals surface area contributed by atoms with Gasteiger partial charge in [-0.3, -0.25) is 10.2 Å². The Morgan fingerprint density at radius 3 is 2.39 bits per heavy atom. The van der Waals surface area contributed by atoms with Crippen LogP contribution in [0.5, 0.6) is 0 Å². The van der Waals surface area contributed by atoms with Crippen LogP contribution in [-0.2, 0) is 34.8 Å². The fourth-order valence-corrected chi connectivity index (χ4v) is 5.00. The molecule has 4 rings (SSSR count). The molecule has 1 amide bonds. The van der Waals surface area contributed by atoms with Gasteiger partial charge in [0.1, 0.15) is 5.84 Å². The number of nitrogens with two attached hydrogens (primary N) is 2. The average Bonchev–Trinajstić information content (AvgIpc) is 3.32. The average molecular weight is 533 g/mol. The first kappa shape index (κ1) is 26.6. The van der Waals surface area contributed by atoms with E-state index >= 15 is 0 Å². The van der Waals surface area contributed by atoms with Crippen molar-refractivity contribution in [3.05, 3.63) is 95.3 Å². The summed E-state index contributed by atoms with van der Waals surface area (Å²) in [4.78, 5) is 15.3. The summed E-state index contributed by atoms with van der Waals surface area (Å²) in [6.07, 6.45) is 0.0964. The summed E-state index contributed by atoms with van der Waals surface area (Å²) in [6.45, 7) is 2.11. The number of sulfonamides is 1. The third kappa shape index (κ3) is 5.93. The maximum atomic E-state index is 13.6. The Balaban J connectivity index is 1.61. The molecule has 0 aliphatic rings. The number of nitrogens with one attached hydrogen (secondary N) is 1. The molecule has 1 heterocycles. The Kier molecular flexibility index (Phi) is 7.65. The standard InChI is InChI=1S/C26H28N8O3S/c1-17(26-30-31-32-33(26)2)34(16-19-6-5-7-21(14-19)25(27)28)24(35)15-18-10-12-20(13-11-18)22-8-3-4-9-23(22)38(29,36)37/h3-14,17H,15-16H2,1-2H3,(H3,27,28)(H2,29,36,37). The minimum atomic E-state index is -3.89. The highest BCUT2D eigenvalue weighted by atomic mass is 32.2. The SMILES string of the molecule is CC(c1nnnn1C)N(Cc1cccc(C(=N)N)c1)C(=O)Cc1ccc(-c2ccccc2S(N)(=O)=O)cc1. The number of primary sulfonamides is 1. The van der Waals surface area contributed by atoms with Crippen LogP contribution in [0, 0.1) is 5.41 Å². The van der Waals surface area contributed by atoms with Crippen molar-refractivity contribution in [2.24, 2.45) is 17.9 Å². The summed E-state index contributed by atoms with van der Waals surface area (Å²) in [7, 11) is -2.18. The number of nitrogen functional groups attached to an aromatic ring is 1. The van der Waals surface area contributed by atoms with Crippen molar-refractivity contribution >= 4 is 21.8 Å². The maximum absolute atomic E-state index is 13.6. The highest BCUT2D eigenvalue weighted by Gasteiger charge is 2.26. The molecule has 11 nitrogen and oxygen atoms in total. The number of amidine groups is 1. The normalized spacial score (nSPS) is 12.2. The minimum absolute atomic E-state index is 0.0360. The lowest BCUT2D eigenvalue weighted by Gasteiger charge is -2.29. The van der Waals surface area contributed by atoms with Crippen LogP contribution in [-0.4, -0.2) is 45.3 Å². The van der Waals surface area contributed by atoms with Gasteiger partial charge in [0.2, 0.25) is 15.9 Å². The number of carbonyl (C=O) groups is 1. The van der Waals surface area contributed by atoms with Crippen molar-refractivity contribution in [1.29, 1.82) is 5.41 Å². The van der Waals surface area contributed by atoms with Gasteiger partial charge < -0.3 is 10.6 Å². The molecular formula is C26H28N8O3S. The molecule has 1 aromatic heterocycles. The van der Waals surface area contributed by atoms with Gasteiger partial charge in [-0.2, -0.15) is 0 Å². The fraction of sp³-hybridized carbons (Fsp3) is 0.192. The molecule has 38 heavy (non-hydrogen) atoms. The molecule has 3 aromatic carbocycles. The van der Waals surface area contributed by atoms with E-state index in [1.54, 1.807) is 72.6 Å². The summed E-state index contributed by atoms with van der Waals surface area (Å²) in [5.41, 5.74) is 8.93. The molecule has 196 valence electrons. The number of amides is 1. The third-order valence-corrected chi connectivity index (χ3v) is 7.19. The minimum Gasteiger partial charge on any atom is -0.384 e. The lowest BCUT2D eigenvalue weighted by molar-refractivity contribution is -0.133. The Hall–Kier alpha value is -4.42. The monoisotopic (exact) mass is 532 g/mol. The summed E-state index contributed by atoms with van der Waals surface area (Å²) in [6, 6.07) is 20.4. The molecule has 0 spiro atoms. The molecule has 1 atom stereocenters. The number of aromatic nitrogens is 4. The van der Waals surface area contributed by atoms with Gasteiger partial charge in [0.05, 0.1) is 17.4 Å². The molecule has 4 aromatic rings. The largest absolute Gasteiger partial charge is 0.384 e. The zero-order chi connectivity index (χ0) is 27.4. The number of rotatable bonds is 9. The first-order valence-electron chi connectivity index (χ1n) is 11.7. The van der Waals surface area contributed by atoms with Crippen LogP contribution in [0.2, 0.25) is 0 Å². The molecule has 0 aliphatic carbocycles. The Morgan fingerprint density at radius 2 is 1.76 bits per heavy atom. The highest BCUT2D eigenvalue weighted by Crippen LogP contribution is 2.27. The predicted octanol–water partition coefficient (Wildman–Crippen LogP) is 2.14. The molecule has 0 radical (unpaired) electrons. The van der Waals surface area contributed by atoms with Crippen LogP contribution in [0.15, 0.2) is 77.7 Å². The number of hydrogen-bond acceptors (Lipinski definition) is 7. The molecule has 0 saturated carbocycles. The zero-order valence-corrected chi connectivity index (χ0v) is 21.8. The lowest BCUT2D eigenvalue weighted by Crippen LogP contribution is -2.35. The topological polar surface area (TPSA) is 174 Å². The van der Waals surface area contributed by atoms with Crippen LogP contribution in [0.4, 0.5) is 0 Å². The lowest BCUT2D eigenvalue weighted by atomic mass is 10.0. The molecule has 0 aliphatic heterocycles. The summed E-state index contributed by atoms with van der Waals surface area (Å²) in [5, 5.41) is 24.8. The Bertz CT molecular complexity index is 1580. The molecule has 5 N–H and O–H groups in total. The van der Waals surface area contributed by atoms with E-state index in [0.717, 1.165) is 11.1 Å². The summed E-state index contributed by atoms with van der Waals surface area (Å²) >= 11 is 0. The first-order valence-corrected chi connectivity index (χ1v) is 13.3. The number of benzene rings is 3. The number of nitrogens with zero attached hydrogens (tertiary/aromatic N) is 5. The van der Waals surface area contributed by atoms with Gasteiger partial charge in [0.15, 0.2) is 5.82 Å². The van der Waals surface area contributed by atoms with Crippen LogP contribution in [0.3, 0.4) is 0 Å². The smallest absolute Gasteiger partial charge is 0.238 e. The summed E-state index contributed by atoms with van der Waals surface area (Å²) < 4.78 is 25.5. The van der Waals surface area contributed by atoms with Crippen LogP contribution >= 0.6 is 0 Å². The van der Waals surface area contributed by atoms with Gasteiger partial charge in [-0.05, 0) is 46.2 Å². The second-order valence-corrected chi connectivity index (χ2v) is 10.4. The predicted molar refractivity (Wildman–Crippen MR) is 142 cm³/mol. The van der Waals surface area contributed by atoms with Gasteiger partial charge in [-0.25, -0.2) is 18.2 Å². The Labute approximate surface area is 220 Å². The number of carbonyl (C=O) groups excluding carboxylic acids is 1. The van der Waals surface area contributed by atoms with E-state index < -0.39 is 16.1 Å². The zero-order valence-electron chi connectivity index (χ0n) is 20.9. The van der Waals surface area contributed by atoms with E-state index in [9.17, 15) is 13.2 Å². The maximum Gasteiger partial charge on any atom is 0.238 e. The van der Waals surface area contributed by atoms with E-state index in [0.29, 0.717) is 22.5 Å². The van der Waals surface area contributed by atoms with Crippen molar-refractivity contribution in [2.45, 2.75) is 30.8 Å². The molecule has 1 unspecified atom stereocenters. The molecule has 0 saturated heterocycles. The molecule has 0 bridgehead atoms. The highest BCUT2D eigenvalue weighted by molar-refractivity contribution is 7.89. The van der Waals surface area contributed by atoms with Crippen molar-refractivity contribution < 1.29 is 13.2 Å². The first-order chi connectivity index (χ1) is 18.0. The van der Waals surface area contributed by atoms with Crippen molar-refractivity contribution in [1.82, 2.24) is 25.1 Å². The van der Waals surface area contributed by atoms with E-state index in [4.69, 9.17) is 16.3 Å². The van der Waals surface area contributed by atoms with Crippen molar-refractivity contribution in [3.63, 3.8) is 0 Å². The van der Waals surface area contributed by atoms with Gasteiger partial charge in [-0.1, -0.05) is 60.7 Å². The van der Waals surface area contributed by atoms with Crippen LogP contribution in [0.1, 0.15) is 35.5 Å². The third-order valence-electron chi connectivity index (χ3n) is 6.22. The van der Waals surface area contributed by atoms with Crippen molar-refractivity contribution in [2.75, 3.05) is 0 Å². The van der Waals surface area contributed by atoms with Gasteiger partial charge in [0, 0.05) is 24.7 Å². The second-order valence-electron chi connectivity index (χ2n) is 8.89. The quantitative estimate of drug-likeness (QED) is 0.219. The number of hydrogen-bond donors (Lipinski definition) is 3. The van der Waals surface area contributed by atoms with Crippen LogP contribution < -0.4 is 10.9 Å². The molecular weight excluding hydrogens is 504 g/mol. The van der Waals surface area contributed by atoms with E-state index in [-0.39, 0.29) is 29.6 Å². The summed E-state index contributed by atoms with van der Waals surface area (Å²) in [5.74, 6) is 0.307. The number of tetrazole rings is 1. The molecule has 0 fully saturated rings. The number of aryl methyl sites for hydroxylation is 1. The second kappa shape index (κ2) is 10.9. The van der Waals surface area contributed by atoms with Gasteiger partial charge in [-0.15, -0.1) is 5.10 Å². The Morgan fingerprint density at radius 1 is 1.05 bits per heavy atom. The van der Waals surface area contributed by atoms with Gasteiger partial charge in [0.25, 0.3) is 0 Å². The molecule has 12 heteroatoms.